The molecule has 0 unspecified atom stereocenters. The van der Waals surface area contributed by atoms with Crippen LogP contribution in [-0.4, -0.2) is 46.0 Å². The minimum Gasteiger partial charge on any atom is -0.336 e. The van der Waals surface area contributed by atoms with E-state index in [1.165, 1.54) is 23.5 Å². The molecule has 0 radical (unpaired) electrons. The largest absolute Gasteiger partial charge is 0.416 e. The second-order valence-electron chi connectivity index (χ2n) is 12.0. The molecule has 2 aromatic heterocycles. The van der Waals surface area contributed by atoms with E-state index in [0.717, 1.165) is 28.9 Å². The van der Waals surface area contributed by atoms with Gasteiger partial charge in [0.05, 0.1) is 28.1 Å². The molecular formula is C35H39F3N4O2S. The molecule has 10 heteroatoms. The number of carbonyl (C=O) groups is 1. The van der Waals surface area contributed by atoms with E-state index in [-0.39, 0.29) is 23.4 Å². The van der Waals surface area contributed by atoms with Crippen molar-refractivity contribution in [3.63, 3.8) is 0 Å². The lowest BCUT2D eigenvalue weighted by molar-refractivity contribution is -0.137. The summed E-state index contributed by atoms with van der Waals surface area (Å²) in [5.74, 6) is 0.0422. The molecule has 45 heavy (non-hydrogen) atoms. The first-order chi connectivity index (χ1) is 21.4. The molecule has 1 fully saturated rings. The number of para-hydroxylation sites is 1. The zero-order valence-electron chi connectivity index (χ0n) is 26.3. The third kappa shape index (κ3) is 6.77. The molecule has 5 rings (SSSR count). The molecule has 0 bridgehead atoms. The summed E-state index contributed by atoms with van der Waals surface area (Å²) < 4.78 is 41.2. The molecule has 6 nitrogen and oxygen atoms in total. The van der Waals surface area contributed by atoms with Gasteiger partial charge in [-0.2, -0.15) is 13.2 Å². The van der Waals surface area contributed by atoms with Crippen LogP contribution in [0.25, 0.3) is 27.5 Å². The maximum atomic E-state index is 14.7. The van der Waals surface area contributed by atoms with Crippen molar-refractivity contribution in [2.45, 2.75) is 66.1 Å². The summed E-state index contributed by atoms with van der Waals surface area (Å²) >= 11 is 1.24. The number of alkyl halides is 3. The van der Waals surface area contributed by atoms with Crippen molar-refractivity contribution in [3.8, 4) is 27.5 Å². The lowest BCUT2D eigenvalue weighted by Crippen LogP contribution is -2.51. The normalized spacial score (nSPS) is 15.6. The van der Waals surface area contributed by atoms with Crippen LogP contribution in [0.15, 0.2) is 58.7 Å². The maximum absolute atomic E-state index is 14.7. The second kappa shape index (κ2) is 13.3. The lowest BCUT2D eigenvalue weighted by Gasteiger charge is -2.33. The Morgan fingerprint density at radius 2 is 1.76 bits per heavy atom. The van der Waals surface area contributed by atoms with Crippen LogP contribution in [0.5, 0.6) is 0 Å². The molecule has 0 aliphatic carbocycles. The summed E-state index contributed by atoms with van der Waals surface area (Å²) in [6.45, 7) is 12.1. The fraction of sp³-hybridized carbons (Fsp3) is 0.400. The fourth-order valence-electron chi connectivity index (χ4n) is 5.97. The second-order valence-corrected chi connectivity index (χ2v) is 12.9. The number of aromatic nitrogens is 2. The van der Waals surface area contributed by atoms with Gasteiger partial charge in [-0.25, -0.2) is 4.98 Å². The molecule has 1 aliphatic rings. The topological polar surface area (TPSA) is 67.2 Å². The first-order valence-corrected chi connectivity index (χ1v) is 16.4. The number of hydrogen-bond donors (Lipinski definition) is 1. The number of rotatable bonds is 8. The third-order valence-corrected chi connectivity index (χ3v) is 9.10. The van der Waals surface area contributed by atoms with E-state index >= 15 is 0 Å². The summed E-state index contributed by atoms with van der Waals surface area (Å²) in [7, 11) is 0. The van der Waals surface area contributed by atoms with E-state index in [1.54, 1.807) is 16.0 Å². The number of nitrogens with zero attached hydrogens (tertiary/aromatic N) is 3. The summed E-state index contributed by atoms with van der Waals surface area (Å²) in [5, 5.41) is 5.54. The lowest BCUT2D eigenvalue weighted by atomic mass is 9.96. The van der Waals surface area contributed by atoms with Crippen LogP contribution >= 0.6 is 11.3 Å². The molecule has 2 aromatic carbocycles. The number of carbonyl (C=O) groups excluding carboxylic acids is 1. The Balaban J connectivity index is 1.75. The van der Waals surface area contributed by atoms with Crippen LogP contribution in [0.2, 0.25) is 0 Å². The standard InChI is InChI=1S/C35H39F3N4O2S/c1-6-23-9-8-10-24(7-2)31(23)42-30(17-21(3)4)27(33(43)41-16-15-39-22(5)19-41)18-28(34(42)44)32-40-29(20-45-32)25-11-13-26(14-12-25)35(36,37)38/h8-14,18,20-22,39H,6-7,15-17,19H2,1-5H3/t22-/m1/s1. The van der Waals surface area contributed by atoms with E-state index in [0.29, 0.717) is 72.0 Å². The molecule has 3 heterocycles. The van der Waals surface area contributed by atoms with Gasteiger partial charge in [-0.1, -0.05) is 58.0 Å². The summed E-state index contributed by atoms with van der Waals surface area (Å²) in [4.78, 5) is 35.6. The molecular weight excluding hydrogens is 597 g/mol. The van der Waals surface area contributed by atoms with Crippen molar-refractivity contribution >= 4 is 17.2 Å². The molecule has 1 amide bonds. The molecule has 1 aliphatic heterocycles. The van der Waals surface area contributed by atoms with Gasteiger partial charge in [0.1, 0.15) is 5.01 Å². The monoisotopic (exact) mass is 636 g/mol. The van der Waals surface area contributed by atoms with Crippen LogP contribution in [0.4, 0.5) is 13.2 Å². The predicted octanol–water partition coefficient (Wildman–Crippen LogP) is 7.40. The van der Waals surface area contributed by atoms with Gasteiger partial charge >= 0.3 is 6.18 Å². The van der Waals surface area contributed by atoms with Gasteiger partial charge < -0.3 is 10.2 Å². The van der Waals surface area contributed by atoms with Crippen molar-refractivity contribution in [1.82, 2.24) is 19.8 Å². The van der Waals surface area contributed by atoms with Gasteiger partial charge in [-0.05, 0) is 61.4 Å². The molecule has 238 valence electrons. The van der Waals surface area contributed by atoms with Crippen LogP contribution in [-0.2, 0) is 25.4 Å². The Hall–Kier alpha value is -3.76. The highest BCUT2D eigenvalue weighted by molar-refractivity contribution is 7.13. The summed E-state index contributed by atoms with van der Waals surface area (Å²) in [6.07, 6.45) is -2.51. The Labute approximate surface area is 265 Å². The van der Waals surface area contributed by atoms with Gasteiger partial charge in [0, 0.05) is 42.3 Å². The highest BCUT2D eigenvalue weighted by Crippen LogP contribution is 2.34. The average molecular weight is 637 g/mol. The van der Waals surface area contributed by atoms with Gasteiger partial charge in [-0.3, -0.25) is 14.2 Å². The quantitative estimate of drug-likeness (QED) is 0.219. The number of aryl methyl sites for hydroxylation is 2. The van der Waals surface area contributed by atoms with Crippen molar-refractivity contribution in [2.24, 2.45) is 5.92 Å². The van der Waals surface area contributed by atoms with Crippen LogP contribution in [0, 0.1) is 5.92 Å². The van der Waals surface area contributed by atoms with E-state index in [2.05, 4.69) is 33.0 Å². The number of pyridine rings is 1. The van der Waals surface area contributed by atoms with Crippen LogP contribution < -0.4 is 10.9 Å². The van der Waals surface area contributed by atoms with Gasteiger partial charge in [0.2, 0.25) is 0 Å². The minimum absolute atomic E-state index is 0.124. The fourth-order valence-corrected chi connectivity index (χ4v) is 6.80. The average Bonchev–Trinajstić information content (AvgIpc) is 3.50. The SMILES string of the molecule is CCc1cccc(CC)c1-n1c(CC(C)C)c(C(=O)N2CCN[C@H](C)C2)cc(-c2nc(-c3ccc(C(F)(F)F)cc3)cs2)c1=O. The third-order valence-electron chi connectivity index (χ3n) is 8.22. The number of benzene rings is 2. The molecule has 4 aromatic rings. The molecule has 1 saturated heterocycles. The highest BCUT2D eigenvalue weighted by atomic mass is 32.1. The maximum Gasteiger partial charge on any atom is 0.416 e. The Morgan fingerprint density at radius 3 is 2.33 bits per heavy atom. The number of halogens is 3. The molecule has 1 N–H and O–H groups in total. The first-order valence-electron chi connectivity index (χ1n) is 15.5. The predicted molar refractivity (Wildman–Crippen MR) is 174 cm³/mol. The number of amides is 1. The zero-order chi connectivity index (χ0) is 32.5. The summed E-state index contributed by atoms with van der Waals surface area (Å²) in [6, 6.07) is 12.7. The van der Waals surface area contributed by atoms with Crippen LogP contribution in [0.1, 0.15) is 67.4 Å². The van der Waals surface area contributed by atoms with Crippen molar-refractivity contribution in [3.05, 3.63) is 92.2 Å². The van der Waals surface area contributed by atoms with Gasteiger partial charge in [-0.15, -0.1) is 11.3 Å². The number of nitrogens with one attached hydrogen (secondary N) is 1. The number of thiazole rings is 1. The van der Waals surface area contributed by atoms with Crippen molar-refractivity contribution in [2.75, 3.05) is 19.6 Å². The van der Waals surface area contributed by atoms with E-state index in [9.17, 15) is 22.8 Å². The minimum atomic E-state index is -4.44. The van der Waals surface area contributed by atoms with Gasteiger partial charge in [0.15, 0.2) is 0 Å². The Bertz CT molecular complexity index is 1720. The smallest absolute Gasteiger partial charge is 0.336 e. The van der Waals surface area contributed by atoms with Gasteiger partial charge in [0.25, 0.3) is 11.5 Å². The molecule has 0 spiro atoms. The van der Waals surface area contributed by atoms with Crippen molar-refractivity contribution < 1.29 is 18.0 Å². The Morgan fingerprint density at radius 1 is 1.09 bits per heavy atom. The van der Waals surface area contributed by atoms with E-state index in [4.69, 9.17) is 4.98 Å². The zero-order valence-corrected chi connectivity index (χ0v) is 27.1. The number of hydrogen-bond acceptors (Lipinski definition) is 5. The molecule has 0 saturated carbocycles. The van der Waals surface area contributed by atoms with Crippen molar-refractivity contribution in [1.29, 1.82) is 0 Å². The number of piperazine rings is 1. The van der Waals surface area contributed by atoms with Crippen LogP contribution in [0.3, 0.4) is 0 Å². The Kier molecular flexibility index (Phi) is 9.65. The first kappa shape index (κ1) is 32.6. The van der Waals surface area contributed by atoms with E-state index in [1.807, 2.05) is 30.0 Å². The van der Waals surface area contributed by atoms with E-state index < -0.39 is 11.7 Å². The molecule has 1 atom stereocenters. The summed E-state index contributed by atoms with van der Waals surface area (Å²) in [5.41, 5.74) is 4.27. The highest BCUT2D eigenvalue weighted by Gasteiger charge is 2.31.